The van der Waals surface area contributed by atoms with Crippen LogP contribution in [0.2, 0.25) is 10.0 Å². The molecule has 0 aliphatic carbocycles. The Balaban J connectivity index is 2.39. The SMILES string of the molecule is COc1c(Cl)cc(Cl)c(OC)c1C(=O)P(=O)(C(=O)c1c(C)cccc1C)c1ccccc1. The first-order valence-corrected chi connectivity index (χ1v) is 12.1. The van der Waals surface area contributed by atoms with E-state index in [9.17, 15) is 14.2 Å². The van der Waals surface area contributed by atoms with Gasteiger partial charge in [0.15, 0.2) is 11.5 Å². The van der Waals surface area contributed by atoms with Crippen molar-refractivity contribution in [2.24, 2.45) is 0 Å². The average Bonchev–Trinajstić information content (AvgIpc) is 2.78. The van der Waals surface area contributed by atoms with Gasteiger partial charge >= 0.3 is 0 Å². The Hall–Kier alpha value is -2.59. The first-order chi connectivity index (χ1) is 15.2. The maximum Gasteiger partial charge on any atom is 0.249 e. The molecule has 0 amide bonds. The number of halogens is 2. The van der Waals surface area contributed by atoms with Crippen LogP contribution in [0.25, 0.3) is 0 Å². The molecule has 0 spiro atoms. The van der Waals surface area contributed by atoms with Crippen LogP contribution in [0.4, 0.5) is 0 Å². The van der Waals surface area contributed by atoms with Crippen LogP contribution in [-0.4, -0.2) is 25.3 Å². The lowest BCUT2D eigenvalue weighted by atomic mass is 10.0. The third kappa shape index (κ3) is 3.97. The first kappa shape index (κ1) is 24.1. The number of aryl methyl sites for hydroxylation is 2. The Labute approximate surface area is 196 Å². The predicted molar refractivity (Wildman–Crippen MR) is 128 cm³/mol. The van der Waals surface area contributed by atoms with E-state index in [1.807, 2.05) is 0 Å². The Morgan fingerprint density at radius 1 is 0.750 bits per heavy atom. The zero-order chi connectivity index (χ0) is 23.6. The monoisotopic (exact) mass is 490 g/mol. The number of rotatable bonds is 7. The number of carbonyl (C=O) groups is 2. The Morgan fingerprint density at radius 3 is 1.69 bits per heavy atom. The van der Waals surface area contributed by atoms with E-state index < -0.39 is 18.2 Å². The highest BCUT2D eigenvalue weighted by Gasteiger charge is 2.46. The Bertz CT molecular complexity index is 1210. The van der Waals surface area contributed by atoms with Crippen molar-refractivity contribution in [1.29, 1.82) is 0 Å². The van der Waals surface area contributed by atoms with E-state index in [4.69, 9.17) is 32.7 Å². The van der Waals surface area contributed by atoms with E-state index in [1.54, 1.807) is 50.2 Å². The molecule has 1 atom stereocenters. The quantitative estimate of drug-likeness (QED) is 0.363. The molecule has 5 nitrogen and oxygen atoms in total. The van der Waals surface area contributed by atoms with Gasteiger partial charge in [0.25, 0.3) is 0 Å². The molecule has 0 aliphatic rings. The van der Waals surface area contributed by atoms with Crippen LogP contribution in [0.1, 0.15) is 31.8 Å². The minimum Gasteiger partial charge on any atom is -0.494 e. The van der Waals surface area contributed by atoms with Crippen LogP contribution < -0.4 is 14.8 Å². The molecule has 0 aliphatic heterocycles. The summed E-state index contributed by atoms with van der Waals surface area (Å²) in [6.07, 6.45) is 0. The highest BCUT2D eigenvalue weighted by Crippen LogP contribution is 2.56. The normalized spacial score (nSPS) is 12.7. The molecule has 0 fully saturated rings. The van der Waals surface area contributed by atoms with Crippen molar-refractivity contribution in [3.05, 3.63) is 86.9 Å². The number of ether oxygens (including phenoxy) is 2. The zero-order valence-electron chi connectivity index (χ0n) is 17.9. The van der Waals surface area contributed by atoms with Gasteiger partial charge in [-0.05, 0) is 31.0 Å². The summed E-state index contributed by atoms with van der Waals surface area (Å²) in [5.74, 6) is -0.133. The lowest BCUT2D eigenvalue weighted by molar-refractivity contribution is 0.103. The van der Waals surface area contributed by atoms with Crippen LogP contribution in [0.3, 0.4) is 0 Å². The van der Waals surface area contributed by atoms with Gasteiger partial charge in [0, 0.05) is 10.9 Å². The van der Waals surface area contributed by atoms with Gasteiger partial charge in [-0.25, -0.2) is 0 Å². The number of methoxy groups -OCH3 is 2. The summed E-state index contributed by atoms with van der Waals surface area (Å²) >= 11 is 12.5. The van der Waals surface area contributed by atoms with Gasteiger partial charge in [-0.1, -0.05) is 71.7 Å². The zero-order valence-corrected chi connectivity index (χ0v) is 20.3. The molecule has 0 heterocycles. The molecule has 8 heteroatoms. The summed E-state index contributed by atoms with van der Waals surface area (Å²) in [5, 5.41) is 0.152. The lowest BCUT2D eigenvalue weighted by Gasteiger charge is -2.22. The van der Waals surface area contributed by atoms with Gasteiger partial charge in [0.1, 0.15) is 5.56 Å². The molecule has 0 radical (unpaired) electrons. The van der Waals surface area contributed by atoms with Crippen LogP contribution in [0.15, 0.2) is 54.6 Å². The molecule has 0 aromatic heterocycles. The number of benzene rings is 3. The standard InChI is InChI=1S/C24H21Cl2O5P/c1-14-9-8-10-15(2)19(14)23(27)32(29,16-11-6-5-7-12-16)24(28)20-21(30-3)17(25)13-18(26)22(20)31-4/h5-13H,1-4H3. The molecule has 3 aromatic rings. The average molecular weight is 491 g/mol. The largest absolute Gasteiger partial charge is 0.494 e. The van der Waals surface area contributed by atoms with E-state index in [2.05, 4.69) is 0 Å². The van der Waals surface area contributed by atoms with Crippen molar-refractivity contribution in [2.75, 3.05) is 14.2 Å². The highest BCUT2D eigenvalue weighted by molar-refractivity contribution is 8.01. The number of hydrogen-bond acceptors (Lipinski definition) is 5. The second kappa shape index (κ2) is 9.50. The predicted octanol–water partition coefficient (Wildman–Crippen LogP) is 6.30. The van der Waals surface area contributed by atoms with Gasteiger partial charge in [0.2, 0.25) is 18.2 Å². The summed E-state index contributed by atoms with van der Waals surface area (Å²) in [5.41, 5.74) is -0.513. The molecule has 0 saturated heterocycles. The van der Waals surface area contributed by atoms with Crippen molar-refractivity contribution in [2.45, 2.75) is 13.8 Å². The number of hydrogen-bond donors (Lipinski definition) is 0. The fourth-order valence-electron chi connectivity index (χ4n) is 3.61. The van der Waals surface area contributed by atoms with Crippen LogP contribution >= 0.6 is 30.3 Å². The smallest absolute Gasteiger partial charge is 0.249 e. The van der Waals surface area contributed by atoms with E-state index in [0.29, 0.717) is 11.1 Å². The molecule has 3 rings (SSSR count). The Kier molecular flexibility index (Phi) is 7.14. The molecule has 32 heavy (non-hydrogen) atoms. The fraction of sp³-hybridized carbons (Fsp3) is 0.167. The summed E-state index contributed by atoms with van der Waals surface area (Å²) in [6.45, 7) is 3.47. The maximum absolute atomic E-state index is 14.6. The van der Waals surface area contributed by atoms with Crippen molar-refractivity contribution >= 4 is 46.7 Å². The molecule has 3 aromatic carbocycles. The minimum absolute atomic E-state index is 0.0285. The summed E-state index contributed by atoms with van der Waals surface area (Å²) in [6, 6.07) is 14.6. The van der Waals surface area contributed by atoms with Crippen molar-refractivity contribution < 1.29 is 23.6 Å². The van der Waals surface area contributed by atoms with Crippen molar-refractivity contribution in [3.8, 4) is 11.5 Å². The van der Waals surface area contributed by atoms with Gasteiger partial charge in [-0.15, -0.1) is 0 Å². The first-order valence-electron chi connectivity index (χ1n) is 9.60. The third-order valence-electron chi connectivity index (χ3n) is 5.15. The summed E-state index contributed by atoms with van der Waals surface area (Å²) < 4.78 is 25.3. The van der Waals surface area contributed by atoms with Gasteiger partial charge < -0.3 is 14.0 Å². The van der Waals surface area contributed by atoms with E-state index in [-0.39, 0.29) is 38.0 Å². The molecule has 1 unspecified atom stereocenters. The second-order valence-corrected chi connectivity index (χ2v) is 10.5. The lowest BCUT2D eigenvalue weighted by Crippen LogP contribution is -2.22. The summed E-state index contributed by atoms with van der Waals surface area (Å²) in [7, 11) is -1.80. The van der Waals surface area contributed by atoms with Crippen LogP contribution in [0.5, 0.6) is 11.5 Å². The maximum atomic E-state index is 14.6. The molecular formula is C24H21Cl2O5P. The summed E-state index contributed by atoms with van der Waals surface area (Å²) in [4.78, 5) is 27.9. The van der Waals surface area contributed by atoms with E-state index in [0.717, 1.165) is 0 Å². The van der Waals surface area contributed by atoms with Gasteiger partial charge in [-0.3, -0.25) is 9.59 Å². The molecule has 166 valence electrons. The fourth-order valence-corrected chi connectivity index (χ4v) is 6.66. The second-order valence-electron chi connectivity index (χ2n) is 7.10. The molecular weight excluding hydrogens is 470 g/mol. The number of carbonyl (C=O) groups excluding carboxylic acids is 2. The van der Waals surface area contributed by atoms with Gasteiger partial charge in [0.05, 0.1) is 24.3 Å². The van der Waals surface area contributed by atoms with E-state index in [1.165, 1.54) is 32.4 Å². The van der Waals surface area contributed by atoms with Crippen molar-refractivity contribution in [1.82, 2.24) is 0 Å². The van der Waals surface area contributed by atoms with Crippen molar-refractivity contribution in [3.63, 3.8) is 0 Å². The van der Waals surface area contributed by atoms with Gasteiger partial charge in [-0.2, -0.15) is 0 Å². The molecule has 0 N–H and O–H groups in total. The van der Waals surface area contributed by atoms with E-state index >= 15 is 0 Å². The Morgan fingerprint density at radius 2 is 1.22 bits per heavy atom. The minimum atomic E-state index is -4.43. The third-order valence-corrected chi connectivity index (χ3v) is 8.33. The van der Waals surface area contributed by atoms with Crippen LogP contribution in [0, 0.1) is 13.8 Å². The highest BCUT2D eigenvalue weighted by atomic mass is 35.5. The molecule has 0 saturated carbocycles. The van der Waals surface area contributed by atoms with Crippen LogP contribution in [-0.2, 0) is 4.57 Å². The molecule has 0 bridgehead atoms. The topological polar surface area (TPSA) is 69.7 Å².